The second-order valence-electron chi connectivity index (χ2n) is 6.71. The summed E-state index contributed by atoms with van der Waals surface area (Å²) in [4.78, 5) is 0.125. The van der Waals surface area contributed by atoms with E-state index in [0.29, 0.717) is 22.6 Å². The highest BCUT2D eigenvalue weighted by Gasteiger charge is 2.20. The largest absolute Gasteiger partial charge is 0.488 e. The van der Waals surface area contributed by atoms with Crippen LogP contribution in [0, 0.1) is 12.7 Å². The van der Waals surface area contributed by atoms with E-state index in [-0.39, 0.29) is 17.3 Å². The lowest BCUT2D eigenvalue weighted by atomic mass is 10.1. The number of aryl methyl sites for hydroxylation is 1. The van der Waals surface area contributed by atoms with E-state index in [0.717, 1.165) is 9.65 Å². The van der Waals surface area contributed by atoms with Crippen molar-refractivity contribution in [1.29, 1.82) is 0 Å². The van der Waals surface area contributed by atoms with Crippen LogP contribution in [0.1, 0.15) is 11.1 Å². The zero-order chi connectivity index (χ0) is 21.1. The zero-order valence-electron chi connectivity index (χ0n) is 16.1. The van der Waals surface area contributed by atoms with Gasteiger partial charge in [0, 0.05) is 5.56 Å². The number of hydrogen-bond donors (Lipinski definition) is 0. The zero-order valence-corrected chi connectivity index (χ0v) is 16.9. The maximum absolute atomic E-state index is 13.4. The molecule has 4 rings (SSSR count). The third kappa shape index (κ3) is 4.08. The molecule has 0 aliphatic carbocycles. The molecular formula is C22H18FN3O3S. The van der Waals surface area contributed by atoms with Crippen LogP contribution in [-0.4, -0.2) is 22.8 Å². The first kappa shape index (κ1) is 19.8. The summed E-state index contributed by atoms with van der Waals surface area (Å²) in [5.74, 6) is 0.148. The topological polar surface area (TPSA) is 74.1 Å². The van der Waals surface area contributed by atoms with Gasteiger partial charge in [-0.1, -0.05) is 47.2 Å². The molecule has 152 valence electrons. The number of aromatic nitrogens is 3. The monoisotopic (exact) mass is 423 g/mol. The minimum Gasteiger partial charge on any atom is -0.488 e. The lowest BCUT2D eigenvalue weighted by Gasteiger charge is -2.10. The molecule has 30 heavy (non-hydrogen) atoms. The normalized spacial score (nSPS) is 11.4. The molecule has 0 saturated heterocycles. The van der Waals surface area contributed by atoms with Crippen LogP contribution in [0.15, 0.2) is 83.9 Å². The number of nitrogens with zero attached hydrogens (tertiary/aromatic N) is 3. The molecule has 0 aliphatic rings. The van der Waals surface area contributed by atoms with Crippen LogP contribution in [-0.2, 0) is 16.6 Å². The Morgan fingerprint density at radius 2 is 1.77 bits per heavy atom. The molecule has 8 heteroatoms. The molecule has 0 amide bonds. The molecule has 1 heterocycles. The molecule has 6 nitrogen and oxygen atoms in total. The summed E-state index contributed by atoms with van der Waals surface area (Å²) in [7, 11) is -3.86. The standard InChI is InChI=1S/C22H18FN3O3S/c1-16-9-11-19(12-10-16)30(27,28)26-14-21(24-25-26)20-7-2-3-8-22(20)29-15-17-5-4-6-18(23)13-17/h2-14H,15H2,1H3. The van der Waals surface area contributed by atoms with Crippen molar-refractivity contribution >= 4 is 10.0 Å². The molecule has 0 N–H and O–H groups in total. The first-order valence-corrected chi connectivity index (χ1v) is 10.6. The van der Waals surface area contributed by atoms with E-state index in [1.165, 1.54) is 30.5 Å². The fourth-order valence-electron chi connectivity index (χ4n) is 2.90. The van der Waals surface area contributed by atoms with Gasteiger partial charge in [0.2, 0.25) is 0 Å². The minimum atomic E-state index is -3.86. The van der Waals surface area contributed by atoms with Crippen molar-refractivity contribution in [2.24, 2.45) is 0 Å². The third-order valence-corrected chi connectivity index (χ3v) is 6.02. The van der Waals surface area contributed by atoms with Gasteiger partial charge in [-0.25, -0.2) is 4.39 Å². The van der Waals surface area contributed by atoms with E-state index < -0.39 is 10.0 Å². The Morgan fingerprint density at radius 1 is 1.00 bits per heavy atom. The molecule has 0 bridgehead atoms. The first-order valence-electron chi connectivity index (χ1n) is 9.15. The number of para-hydroxylation sites is 1. The maximum atomic E-state index is 13.4. The number of ether oxygens (including phenoxy) is 1. The third-order valence-electron chi connectivity index (χ3n) is 4.48. The molecule has 0 spiro atoms. The van der Waals surface area contributed by atoms with Gasteiger partial charge in [0.25, 0.3) is 10.0 Å². The number of benzene rings is 3. The Balaban J connectivity index is 1.61. The van der Waals surface area contributed by atoms with Gasteiger partial charge in [-0.3, -0.25) is 0 Å². The quantitative estimate of drug-likeness (QED) is 0.465. The Hall–Kier alpha value is -3.52. The summed E-state index contributed by atoms with van der Waals surface area (Å²) in [5.41, 5.74) is 2.56. The van der Waals surface area contributed by atoms with Gasteiger partial charge in [-0.2, -0.15) is 8.42 Å². The lowest BCUT2D eigenvalue weighted by molar-refractivity contribution is 0.307. The Labute approximate surface area is 173 Å². The number of halogens is 1. The van der Waals surface area contributed by atoms with Crippen molar-refractivity contribution < 1.29 is 17.5 Å². The van der Waals surface area contributed by atoms with Crippen molar-refractivity contribution in [3.8, 4) is 17.0 Å². The average Bonchev–Trinajstić information content (AvgIpc) is 3.24. The predicted octanol–water partition coefficient (Wildman–Crippen LogP) is 4.21. The summed E-state index contributed by atoms with van der Waals surface area (Å²) in [5, 5.41) is 7.83. The molecule has 0 unspecified atom stereocenters. The summed E-state index contributed by atoms with van der Waals surface area (Å²) in [6, 6.07) is 19.7. The van der Waals surface area contributed by atoms with E-state index in [1.807, 2.05) is 6.92 Å². The Kier molecular flexibility index (Phi) is 5.33. The van der Waals surface area contributed by atoms with E-state index in [4.69, 9.17) is 4.74 Å². The SMILES string of the molecule is Cc1ccc(S(=O)(=O)n2cc(-c3ccccc3OCc3cccc(F)c3)nn2)cc1. The van der Waals surface area contributed by atoms with Crippen LogP contribution < -0.4 is 4.74 Å². The van der Waals surface area contributed by atoms with Gasteiger partial charge in [0.05, 0.1) is 11.1 Å². The molecule has 0 radical (unpaired) electrons. The van der Waals surface area contributed by atoms with E-state index >= 15 is 0 Å². The molecule has 1 aromatic heterocycles. The van der Waals surface area contributed by atoms with Gasteiger partial charge in [0.1, 0.15) is 23.9 Å². The second kappa shape index (κ2) is 8.08. The predicted molar refractivity (Wildman–Crippen MR) is 110 cm³/mol. The van der Waals surface area contributed by atoms with E-state index in [1.54, 1.807) is 48.5 Å². The minimum absolute atomic E-state index is 0.125. The summed E-state index contributed by atoms with van der Waals surface area (Å²) in [6.45, 7) is 2.04. The summed E-state index contributed by atoms with van der Waals surface area (Å²) >= 11 is 0. The molecular weight excluding hydrogens is 405 g/mol. The molecule has 0 fully saturated rings. The van der Waals surface area contributed by atoms with Crippen molar-refractivity contribution in [3.63, 3.8) is 0 Å². The fourth-order valence-corrected chi connectivity index (χ4v) is 3.97. The van der Waals surface area contributed by atoms with Crippen LogP contribution in [0.3, 0.4) is 0 Å². The second-order valence-corrected chi connectivity index (χ2v) is 8.50. The van der Waals surface area contributed by atoms with Crippen molar-refractivity contribution in [3.05, 3.63) is 95.9 Å². The van der Waals surface area contributed by atoms with Crippen LogP contribution in [0.5, 0.6) is 5.75 Å². The first-order chi connectivity index (χ1) is 14.4. The van der Waals surface area contributed by atoms with Gasteiger partial charge >= 0.3 is 0 Å². The Morgan fingerprint density at radius 3 is 2.53 bits per heavy atom. The molecule has 3 aromatic carbocycles. The highest BCUT2D eigenvalue weighted by atomic mass is 32.2. The van der Waals surface area contributed by atoms with Crippen LogP contribution in [0.25, 0.3) is 11.3 Å². The Bertz CT molecular complexity index is 1280. The summed E-state index contributed by atoms with van der Waals surface area (Å²) in [6.07, 6.45) is 1.35. The lowest BCUT2D eigenvalue weighted by Crippen LogP contribution is -2.13. The van der Waals surface area contributed by atoms with Crippen LogP contribution in [0.2, 0.25) is 0 Å². The van der Waals surface area contributed by atoms with E-state index in [9.17, 15) is 12.8 Å². The average molecular weight is 423 g/mol. The smallest absolute Gasteiger partial charge is 0.284 e. The van der Waals surface area contributed by atoms with Gasteiger partial charge in [-0.15, -0.1) is 9.19 Å². The maximum Gasteiger partial charge on any atom is 0.284 e. The van der Waals surface area contributed by atoms with Crippen molar-refractivity contribution in [2.45, 2.75) is 18.4 Å². The number of rotatable bonds is 6. The molecule has 0 aliphatic heterocycles. The molecule has 0 atom stereocenters. The number of hydrogen-bond acceptors (Lipinski definition) is 5. The summed E-state index contributed by atoms with van der Waals surface area (Å²) < 4.78 is 45.7. The van der Waals surface area contributed by atoms with Gasteiger partial charge in [-0.05, 0) is 48.9 Å². The van der Waals surface area contributed by atoms with Gasteiger partial charge < -0.3 is 4.74 Å². The van der Waals surface area contributed by atoms with Gasteiger partial charge in [0.15, 0.2) is 0 Å². The van der Waals surface area contributed by atoms with Crippen LogP contribution >= 0.6 is 0 Å². The molecule has 4 aromatic rings. The highest BCUT2D eigenvalue weighted by molar-refractivity contribution is 7.89. The van der Waals surface area contributed by atoms with Crippen molar-refractivity contribution in [1.82, 2.24) is 14.4 Å². The van der Waals surface area contributed by atoms with E-state index in [2.05, 4.69) is 10.3 Å². The fraction of sp³-hybridized carbons (Fsp3) is 0.0909. The van der Waals surface area contributed by atoms with Crippen molar-refractivity contribution in [2.75, 3.05) is 0 Å². The highest BCUT2D eigenvalue weighted by Crippen LogP contribution is 2.29. The molecule has 0 saturated carbocycles. The van der Waals surface area contributed by atoms with Crippen LogP contribution in [0.4, 0.5) is 4.39 Å².